The van der Waals surface area contributed by atoms with Crippen molar-refractivity contribution in [3.8, 4) is 0 Å². The average molecular weight is 498 g/mol. The third kappa shape index (κ3) is 6.12. The highest BCUT2D eigenvalue weighted by Crippen LogP contribution is 2.33. The van der Waals surface area contributed by atoms with Gasteiger partial charge in [0.25, 0.3) is 11.8 Å². The van der Waals surface area contributed by atoms with Gasteiger partial charge in [-0.15, -0.1) is 0 Å². The molecule has 0 bridgehead atoms. The number of aryl methyl sites for hydroxylation is 1. The fourth-order valence-electron chi connectivity index (χ4n) is 5.10. The smallest absolute Gasteiger partial charge is 0.255 e. The Morgan fingerprint density at radius 2 is 1.73 bits per heavy atom. The first-order chi connectivity index (χ1) is 18.1. The molecule has 2 aliphatic rings. The molecular formula is C30H35N5O2. The van der Waals surface area contributed by atoms with Gasteiger partial charge in [0, 0.05) is 41.3 Å². The third-order valence-corrected chi connectivity index (χ3v) is 7.09. The van der Waals surface area contributed by atoms with E-state index in [1.165, 1.54) is 32.4 Å². The number of piperidine rings is 1. The molecule has 2 heterocycles. The van der Waals surface area contributed by atoms with Crippen LogP contribution in [0, 0.1) is 6.92 Å². The van der Waals surface area contributed by atoms with Crippen LogP contribution in [0.3, 0.4) is 0 Å². The van der Waals surface area contributed by atoms with E-state index in [9.17, 15) is 9.59 Å². The number of rotatable bonds is 9. The summed E-state index contributed by atoms with van der Waals surface area (Å²) in [6.45, 7) is 6.95. The quantitative estimate of drug-likeness (QED) is 0.293. The van der Waals surface area contributed by atoms with Crippen molar-refractivity contribution in [2.45, 2.75) is 39.2 Å². The summed E-state index contributed by atoms with van der Waals surface area (Å²) in [6.07, 6.45) is 5.10. The standard InChI is InChI=1S/C30H35N5O2/c1-21-7-5-8-24(19-21)33-26-13-14-27(28-25(26)20-32-30(28)37)34-29(36)22-9-11-23(12-10-22)31-15-6-18-35-16-3-2-4-17-35/h5,7-14,19,31,33H,2-4,6,15-18,20H2,1H3,(H,32,37)(H,34,36). The van der Waals surface area contributed by atoms with E-state index in [1.807, 2.05) is 55.5 Å². The molecule has 4 N–H and O–H groups in total. The van der Waals surface area contributed by atoms with Gasteiger partial charge in [0.15, 0.2) is 0 Å². The molecule has 1 saturated heterocycles. The molecule has 37 heavy (non-hydrogen) atoms. The van der Waals surface area contributed by atoms with Gasteiger partial charge in [-0.2, -0.15) is 0 Å². The van der Waals surface area contributed by atoms with Gasteiger partial charge >= 0.3 is 0 Å². The van der Waals surface area contributed by atoms with Crippen LogP contribution in [-0.4, -0.2) is 42.9 Å². The van der Waals surface area contributed by atoms with Crippen molar-refractivity contribution in [1.29, 1.82) is 0 Å². The van der Waals surface area contributed by atoms with Gasteiger partial charge in [0.05, 0.1) is 11.3 Å². The number of amides is 2. The molecule has 2 amide bonds. The van der Waals surface area contributed by atoms with Gasteiger partial charge in [-0.05, 0) is 99.9 Å². The zero-order chi connectivity index (χ0) is 25.6. The van der Waals surface area contributed by atoms with E-state index in [2.05, 4.69) is 32.2 Å². The van der Waals surface area contributed by atoms with Crippen LogP contribution in [0.1, 0.15) is 57.5 Å². The topological polar surface area (TPSA) is 85.5 Å². The molecule has 7 heteroatoms. The lowest BCUT2D eigenvalue weighted by Gasteiger charge is -2.26. The summed E-state index contributed by atoms with van der Waals surface area (Å²) in [7, 11) is 0. The molecule has 0 saturated carbocycles. The van der Waals surface area contributed by atoms with E-state index in [-0.39, 0.29) is 11.8 Å². The minimum absolute atomic E-state index is 0.178. The SMILES string of the molecule is Cc1cccc(Nc2ccc(NC(=O)c3ccc(NCCCN4CCCCC4)cc3)c3c2CNC3=O)c1. The molecule has 0 unspecified atom stereocenters. The van der Waals surface area contributed by atoms with E-state index in [0.717, 1.165) is 47.7 Å². The van der Waals surface area contributed by atoms with Gasteiger partial charge in [-0.1, -0.05) is 18.6 Å². The highest BCUT2D eigenvalue weighted by molar-refractivity contribution is 6.11. The van der Waals surface area contributed by atoms with Crippen LogP contribution in [0.25, 0.3) is 0 Å². The summed E-state index contributed by atoms with van der Waals surface area (Å²) in [5, 5.41) is 12.7. The van der Waals surface area contributed by atoms with Crippen molar-refractivity contribution in [2.75, 3.05) is 42.1 Å². The van der Waals surface area contributed by atoms with E-state index in [0.29, 0.717) is 23.4 Å². The van der Waals surface area contributed by atoms with Crippen molar-refractivity contribution in [1.82, 2.24) is 10.2 Å². The summed E-state index contributed by atoms with van der Waals surface area (Å²) in [4.78, 5) is 28.2. The van der Waals surface area contributed by atoms with Gasteiger partial charge in [-0.25, -0.2) is 0 Å². The molecule has 7 nitrogen and oxygen atoms in total. The highest BCUT2D eigenvalue weighted by Gasteiger charge is 2.26. The summed E-state index contributed by atoms with van der Waals surface area (Å²) >= 11 is 0. The molecular weight excluding hydrogens is 462 g/mol. The summed E-state index contributed by atoms with van der Waals surface area (Å²) in [5.41, 5.74) is 6.40. The van der Waals surface area contributed by atoms with Gasteiger partial charge in [0.2, 0.25) is 0 Å². The molecule has 0 aliphatic carbocycles. The maximum absolute atomic E-state index is 13.0. The third-order valence-electron chi connectivity index (χ3n) is 7.09. The first-order valence-electron chi connectivity index (χ1n) is 13.2. The number of hydrogen-bond donors (Lipinski definition) is 4. The number of nitrogens with zero attached hydrogens (tertiary/aromatic N) is 1. The Labute approximate surface area is 218 Å². The lowest BCUT2D eigenvalue weighted by Crippen LogP contribution is -2.31. The Kier molecular flexibility index (Phi) is 7.70. The molecule has 1 fully saturated rings. The van der Waals surface area contributed by atoms with Crippen LogP contribution in [0.15, 0.2) is 60.7 Å². The van der Waals surface area contributed by atoms with E-state index < -0.39 is 0 Å². The van der Waals surface area contributed by atoms with Crippen LogP contribution in [-0.2, 0) is 6.54 Å². The Bertz CT molecular complexity index is 1270. The Hall–Kier alpha value is -3.84. The average Bonchev–Trinajstić information content (AvgIpc) is 3.31. The van der Waals surface area contributed by atoms with Gasteiger partial charge < -0.3 is 26.2 Å². The molecule has 3 aromatic rings. The normalized spacial score (nSPS) is 15.1. The number of hydrogen-bond acceptors (Lipinski definition) is 5. The largest absolute Gasteiger partial charge is 0.385 e. The van der Waals surface area contributed by atoms with Gasteiger partial charge in [0.1, 0.15) is 0 Å². The summed E-state index contributed by atoms with van der Waals surface area (Å²) < 4.78 is 0. The zero-order valence-corrected chi connectivity index (χ0v) is 21.4. The number of likely N-dealkylation sites (tertiary alicyclic amines) is 1. The lowest BCUT2D eigenvalue weighted by atomic mass is 10.0. The predicted molar refractivity (Wildman–Crippen MR) is 150 cm³/mol. The molecule has 5 rings (SSSR count). The monoisotopic (exact) mass is 497 g/mol. The number of anilines is 4. The van der Waals surface area contributed by atoms with E-state index >= 15 is 0 Å². The minimum atomic E-state index is -0.238. The van der Waals surface area contributed by atoms with E-state index in [4.69, 9.17) is 0 Å². The lowest BCUT2D eigenvalue weighted by molar-refractivity contribution is 0.0966. The maximum atomic E-state index is 13.0. The molecule has 3 aromatic carbocycles. The van der Waals surface area contributed by atoms with Crippen molar-refractivity contribution in [2.24, 2.45) is 0 Å². The number of carbonyl (C=O) groups excluding carboxylic acids is 2. The second-order valence-corrected chi connectivity index (χ2v) is 9.91. The fraction of sp³-hybridized carbons (Fsp3) is 0.333. The Morgan fingerprint density at radius 3 is 2.51 bits per heavy atom. The van der Waals surface area contributed by atoms with Crippen molar-refractivity contribution < 1.29 is 9.59 Å². The predicted octanol–water partition coefficient (Wildman–Crippen LogP) is 5.52. The Balaban J connectivity index is 1.20. The first-order valence-corrected chi connectivity index (χ1v) is 13.2. The number of carbonyl (C=O) groups is 2. The second-order valence-electron chi connectivity index (χ2n) is 9.91. The molecule has 2 aliphatic heterocycles. The zero-order valence-electron chi connectivity index (χ0n) is 21.4. The van der Waals surface area contributed by atoms with Crippen LogP contribution in [0.5, 0.6) is 0 Å². The number of fused-ring (bicyclic) bond motifs is 1. The molecule has 0 aromatic heterocycles. The maximum Gasteiger partial charge on any atom is 0.255 e. The highest BCUT2D eigenvalue weighted by atomic mass is 16.2. The van der Waals surface area contributed by atoms with Crippen LogP contribution >= 0.6 is 0 Å². The van der Waals surface area contributed by atoms with Crippen LogP contribution < -0.4 is 21.3 Å². The fourth-order valence-corrected chi connectivity index (χ4v) is 5.10. The molecule has 0 spiro atoms. The van der Waals surface area contributed by atoms with Crippen molar-refractivity contribution in [3.63, 3.8) is 0 Å². The van der Waals surface area contributed by atoms with Crippen molar-refractivity contribution in [3.05, 3.63) is 82.9 Å². The number of nitrogens with one attached hydrogen (secondary N) is 4. The molecule has 0 atom stereocenters. The van der Waals surface area contributed by atoms with Crippen molar-refractivity contribution >= 4 is 34.6 Å². The van der Waals surface area contributed by atoms with E-state index in [1.54, 1.807) is 6.07 Å². The van der Waals surface area contributed by atoms with Crippen LogP contribution in [0.2, 0.25) is 0 Å². The molecule has 192 valence electrons. The van der Waals surface area contributed by atoms with Crippen LogP contribution in [0.4, 0.5) is 22.7 Å². The first kappa shape index (κ1) is 24.8. The number of benzene rings is 3. The second kappa shape index (κ2) is 11.5. The summed E-state index contributed by atoms with van der Waals surface area (Å²) in [5.74, 6) is -0.416. The Morgan fingerprint density at radius 1 is 0.946 bits per heavy atom. The summed E-state index contributed by atoms with van der Waals surface area (Å²) in [6, 6.07) is 19.3. The molecule has 0 radical (unpaired) electrons. The van der Waals surface area contributed by atoms with Gasteiger partial charge in [-0.3, -0.25) is 9.59 Å². The minimum Gasteiger partial charge on any atom is -0.385 e.